The minimum Gasteiger partial charge on any atom is -0.248 e. The molecule has 1 heterocycles. The number of aromatic nitrogens is 1. The van der Waals surface area contributed by atoms with Crippen molar-refractivity contribution in [2.24, 2.45) is 0 Å². The molecule has 0 atom stereocenters. The summed E-state index contributed by atoms with van der Waals surface area (Å²) in [5.74, 6) is 0. The van der Waals surface area contributed by atoms with E-state index < -0.39 is 0 Å². The Bertz CT molecular complexity index is 203. The maximum Gasteiger partial charge on any atom is 0.124 e. The Labute approximate surface area is 72.6 Å². The van der Waals surface area contributed by atoms with Gasteiger partial charge in [0.15, 0.2) is 0 Å². The van der Waals surface area contributed by atoms with Crippen LogP contribution >= 0.6 is 27.5 Å². The molecule has 0 aliphatic heterocycles. The molecule has 0 amide bonds. The molecule has 0 saturated carbocycles. The topological polar surface area (TPSA) is 36.7 Å². The van der Waals surface area contributed by atoms with E-state index in [2.05, 4.69) is 27.5 Å². The minimum atomic E-state index is 0.646. The van der Waals surface area contributed by atoms with Gasteiger partial charge in [-0.25, -0.2) is 10.2 Å². The predicted octanol–water partition coefficient (Wildman–Crippen LogP) is 2.64. The lowest BCUT2D eigenvalue weighted by Gasteiger charge is -1.88. The second kappa shape index (κ2) is 5.21. The normalized spacial score (nSPS) is 7.60. The number of nitrogens with zero attached hydrogens (tertiary/aromatic N) is 2. The van der Waals surface area contributed by atoms with Crippen molar-refractivity contribution in [3.05, 3.63) is 28.0 Å². The highest BCUT2D eigenvalue weighted by molar-refractivity contribution is 9.10. The summed E-state index contributed by atoms with van der Waals surface area (Å²) >= 11 is 8.75. The van der Waals surface area contributed by atoms with E-state index in [1.807, 2.05) is 0 Å². The molecule has 1 aromatic rings. The number of pyridine rings is 1. The zero-order valence-corrected chi connectivity index (χ0v) is 7.30. The van der Waals surface area contributed by atoms with Crippen molar-refractivity contribution in [2.75, 3.05) is 0 Å². The zero-order chi connectivity index (χ0) is 7.98. The Morgan fingerprint density at radius 3 is 2.50 bits per heavy atom. The molecular weight excluding hydrogens is 215 g/mol. The fraction of sp³-hybridized carbons (Fsp3) is 0. The Hall–Kier alpha value is -0.590. The molecule has 0 unspecified atom stereocenters. The summed E-state index contributed by atoms with van der Waals surface area (Å²) in [6.45, 7) is 3.50. The largest absolute Gasteiger partial charge is 0.248 e. The highest BCUT2D eigenvalue weighted by Gasteiger charge is 1.90. The average Bonchev–Trinajstić information content (AvgIpc) is 2.00. The maximum absolute atomic E-state index is 6.50. The lowest BCUT2D eigenvalue weighted by molar-refractivity contribution is 1.28. The van der Waals surface area contributed by atoms with Crippen LogP contribution in [0.3, 0.4) is 0 Å². The highest BCUT2D eigenvalue weighted by Crippen LogP contribution is 2.17. The Kier molecular flexibility index (Phi) is 4.91. The van der Waals surface area contributed by atoms with Crippen LogP contribution < -0.4 is 0 Å². The van der Waals surface area contributed by atoms with Gasteiger partial charge in [-0.05, 0) is 28.1 Å². The molecule has 0 bridgehead atoms. The molecule has 0 aliphatic rings. The third kappa shape index (κ3) is 2.81. The SMILES string of the molecule is C#N.Clc1cccnc1Br. The number of rotatable bonds is 0. The number of nitriles is 1. The third-order valence-electron chi connectivity index (χ3n) is 0.714. The van der Waals surface area contributed by atoms with Gasteiger partial charge in [-0.15, -0.1) is 0 Å². The third-order valence-corrected chi connectivity index (χ3v) is 1.88. The van der Waals surface area contributed by atoms with E-state index in [9.17, 15) is 0 Å². The van der Waals surface area contributed by atoms with Crippen LogP contribution in [0.5, 0.6) is 0 Å². The van der Waals surface area contributed by atoms with E-state index in [0.29, 0.717) is 9.63 Å². The molecule has 10 heavy (non-hydrogen) atoms. The lowest BCUT2D eigenvalue weighted by Crippen LogP contribution is -1.71. The number of hydrogen-bond acceptors (Lipinski definition) is 2. The van der Waals surface area contributed by atoms with Crippen LogP contribution in [0.4, 0.5) is 0 Å². The quantitative estimate of drug-likeness (QED) is 0.629. The van der Waals surface area contributed by atoms with Crippen molar-refractivity contribution in [3.8, 4) is 6.57 Å². The smallest absolute Gasteiger partial charge is 0.124 e. The van der Waals surface area contributed by atoms with E-state index in [-0.39, 0.29) is 0 Å². The summed E-state index contributed by atoms with van der Waals surface area (Å²) < 4.78 is 0.696. The van der Waals surface area contributed by atoms with Crippen LogP contribution in [0.25, 0.3) is 0 Å². The van der Waals surface area contributed by atoms with Crippen LogP contribution in [-0.2, 0) is 0 Å². The van der Waals surface area contributed by atoms with Gasteiger partial charge in [0.1, 0.15) is 4.60 Å². The summed E-state index contributed by atoms with van der Waals surface area (Å²) in [5, 5.41) is 7.15. The molecule has 0 radical (unpaired) electrons. The van der Waals surface area contributed by atoms with Crippen molar-refractivity contribution in [1.82, 2.24) is 4.98 Å². The van der Waals surface area contributed by atoms with Crippen LogP contribution in [0.15, 0.2) is 22.9 Å². The molecule has 2 nitrogen and oxygen atoms in total. The van der Waals surface area contributed by atoms with Crippen LogP contribution in [0.2, 0.25) is 5.02 Å². The minimum absolute atomic E-state index is 0.646. The molecule has 0 spiro atoms. The van der Waals surface area contributed by atoms with Gasteiger partial charge in [0.2, 0.25) is 0 Å². The van der Waals surface area contributed by atoms with Crippen LogP contribution in [0, 0.1) is 11.8 Å². The molecule has 1 rings (SSSR count). The average molecular weight is 219 g/mol. The first-order valence-corrected chi connectivity index (χ1v) is 3.49. The summed E-state index contributed by atoms with van der Waals surface area (Å²) in [5.41, 5.74) is 0. The number of hydrogen-bond donors (Lipinski definition) is 0. The number of halogens is 2. The summed E-state index contributed by atoms with van der Waals surface area (Å²) in [4.78, 5) is 3.86. The maximum atomic E-state index is 6.50. The fourth-order valence-electron chi connectivity index (χ4n) is 0.366. The van der Waals surface area contributed by atoms with Crippen molar-refractivity contribution >= 4 is 27.5 Å². The molecule has 52 valence electrons. The van der Waals surface area contributed by atoms with Gasteiger partial charge in [0.25, 0.3) is 0 Å². The van der Waals surface area contributed by atoms with Crippen molar-refractivity contribution < 1.29 is 0 Å². The van der Waals surface area contributed by atoms with Crippen molar-refractivity contribution in [3.63, 3.8) is 0 Å². The molecular formula is C6H4BrClN2. The van der Waals surface area contributed by atoms with E-state index in [4.69, 9.17) is 16.9 Å². The Balaban J connectivity index is 0.000000371. The van der Waals surface area contributed by atoms with E-state index in [0.717, 1.165) is 0 Å². The van der Waals surface area contributed by atoms with Gasteiger partial charge in [-0.1, -0.05) is 11.6 Å². The van der Waals surface area contributed by atoms with E-state index in [1.165, 1.54) is 0 Å². The van der Waals surface area contributed by atoms with Crippen molar-refractivity contribution in [2.45, 2.75) is 0 Å². The van der Waals surface area contributed by atoms with Crippen molar-refractivity contribution in [1.29, 1.82) is 5.26 Å². The van der Waals surface area contributed by atoms with Gasteiger partial charge < -0.3 is 0 Å². The van der Waals surface area contributed by atoms with Gasteiger partial charge in [-0.2, -0.15) is 0 Å². The second-order valence-electron chi connectivity index (χ2n) is 1.28. The first-order chi connectivity index (χ1) is 4.80. The highest BCUT2D eigenvalue weighted by atomic mass is 79.9. The summed E-state index contributed by atoms with van der Waals surface area (Å²) in [6, 6.07) is 3.56. The molecule has 0 fully saturated rings. The summed E-state index contributed by atoms with van der Waals surface area (Å²) in [7, 11) is 0. The first-order valence-electron chi connectivity index (χ1n) is 2.32. The standard InChI is InChI=1S/C5H3BrClN.CHN/c6-5-4(7)2-1-3-8-5;1-2/h1-3H;1H. The van der Waals surface area contributed by atoms with Gasteiger partial charge in [0.05, 0.1) is 5.02 Å². The molecule has 4 heteroatoms. The molecule has 1 aromatic heterocycles. The van der Waals surface area contributed by atoms with Crippen LogP contribution in [-0.4, -0.2) is 4.98 Å². The Morgan fingerprint density at radius 1 is 1.60 bits per heavy atom. The van der Waals surface area contributed by atoms with Gasteiger partial charge in [0, 0.05) is 12.8 Å². The van der Waals surface area contributed by atoms with E-state index >= 15 is 0 Å². The van der Waals surface area contributed by atoms with Gasteiger partial charge in [-0.3, -0.25) is 0 Å². The molecule has 0 aromatic carbocycles. The fourth-order valence-corrected chi connectivity index (χ4v) is 0.738. The lowest BCUT2D eigenvalue weighted by atomic mass is 10.5. The second-order valence-corrected chi connectivity index (χ2v) is 2.43. The summed E-state index contributed by atoms with van der Waals surface area (Å²) in [6.07, 6.45) is 1.68. The van der Waals surface area contributed by atoms with E-state index in [1.54, 1.807) is 18.3 Å². The zero-order valence-electron chi connectivity index (χ0n) is 4.96. The molecule has 0 saturated heterocycles. The monoisotopic (exact) mass is 218 g/mol. The molecule has 0 N–H and O–H groups in total. The predicted molar refractivity (Wildman–Crippen MR) is 43.6 cm³/mol. The first kappa shape index (κ1) is 9.41. The Morgan fingerprint density at radius 2 is 2.20 bits per heavy atom. The van der Waals surface area contributed by atoms with Gasteiger partial charge >= 0.3 is 0 Å². The molecule has 0 aliphatic carbocycles. The van der Waals surface area contributed by atoms with Crippen LogP contribution in [0.1, 0.15) is 0 Å².